The van der Waals surface area contributed by atoms with Gasteiger partial charge in [0.1, 0.15) is 17.1 Å². The van der Waals surface area contributed by atoms with Crippen LogP contribution in [0, 0.1) is 0 Å². The lowest BCUT2D eigenvalue weighted by atomic mass is 9.97. The fraction of sp³-hybridized carbons (Fsp3) is 0.643. The first-order chi connectivity index (χ1) is 9.62. The predicted octanol–water partition coefficient (Wildman–Crippen LogP) is 1.35. The van der Waals surface area contributed by atoms with Gasteiger partial charge in [-0.2, -0.15) is 0 Å². The van der Waals surface area contributed by atoms with Gasteiger partial charge in [0.05, 0.1) is 6.20 Å². The first-order valence-corrected chi connectivity index (χ1v) is 7.23. The molecule has 1 saturated carbocycles. The Labute approximate surface area is 117 Å². The topological polar surface area (TPSA) is 84.2 Å². The molecule has 6 heteroatoms. The molecule has 0 unspecified atom stereocenters. The normalized spacial score (nSPS) is 20.4. The molecule has 0 saturated heterocycles. The van der Waals surface area contributed by atoms with E-state index in [-0.39, 0.29) is 5.91 Å². The highest BCUT2D eigenvalue weighted by Crippen LogP contribution is 2.30. The number of aromatic nitrogens is 2. The summed E-state index contributed by atoms with van der Waals surface area (Å²) in [7, 11) is 0. The fourth-order valence-corrected chi connectivity index (χ4v) is 3.25. The summed E-state index contributed by atoms with van der Waals surface area (Å²) in [6.45, 7) is 0.790. The Balaban J connectivity index is 1.82. The molecule has 1 aromatic heterocycles. The molecule has 3 rings (SSSR count). The number of rotatable bonds is 3. The number of hydrogen-bond acceptors (Lipinski definition) is 3. The van der Waals surface area contributed by atoms with Crippen LogP contribution >= 0.6 is 0 Å². The van der Waals surface area contributed by atoms with Gasteiger partial charge in [0, 0.05) is 13.0 Å². The molecule has 6 nitrogen and oxygen atoms in total. The van der Waals surface area contributed by atoms with Crippen LogP contribution in [0.25, 0.3) is 0 Å². The summed E-state index contributed by atoms with van der Waals surface area (Å²) in [5, 5.41) is 12.2. The van der Waals surface area contributed by atoms with E-state index < -0.39 is 11.5 Å². The third-order valence-corrected chi connectivity index (χ3v) is 4.42. The van der Waals surface area contributed by atoms with Gasteiger partial charge >= 0.3 is 5.97 Å². The Hall–Kier alpha value is -1.85. The third-order valence-electron chi connectivity index (χ3n) is 4.42. The molecule has 2 N–H and O–H groups in total. The van der Waals surface area contributed by atoms with E-state index in [9.17, 15) is 14.7 Å². The van der Waals surface area contributed by atoms with Crippen molar-refractivity contribution < 1.29 is 14.7 Å². The molecule has 0 spiro atoms. The molecule has 2 heterocycles. The minimum absolute atomic E-state index is 0.310. The largest absolute Gasteiger partial charge is 0.480 e. The van der Waals surface area contributed by atoms with Crippen LogP contribution in [0.15, 0.2) is 6.20 Å². The highest BCUT2D eigenvalue weighted by Gasteiger charge is 2.43. The first-order valence-electron chi connectivity index (χ1n) is 7.23. The molecule has 1 amide bonds. The van der Waals surface area contributed by atoms with Crippen LogP contribution in [-0.2, 0) is 17.8 Å². The maximum absolute atomic E-state index is 12.4. The summed E-state index contributed by atoms with van der Waals surface area (Å²) in [6, 6.07) is 0. The van der Waals surface area contributed by atoms with Crippen LogP contribution in [0.2, 0.25) is 0 Å². The van der Waals surface area contributed by atoms with Gasteiger partial charge in [-0.3, -0.25) is 4.79 Å². The van der Waals surface area contributed by atoms with Crippen molar-refractivity contribution in [2.24, 2.45) is 0 Å². The van der Waals surface area contributed by atoms with E-state index >= 15 is 0 Å². The van der Waals surface area contributed by atoms with Gasteiger partial charge < -0.3 is 15.0 Å². The monoisotopic (exact) mass is 277 g/mol. The van der Waals surface area contributed by atoms with E-state index in [1.807, 2.05) is 4.57 Å². The van der Waals surface area contributed by atoms with E-state index in [2.05, 4.69) is 10.3 Å². The van der Waals surface area contributed by atoms with Crippen molar-refractivity contribution in [2.45, 2.75) is 57.0 Å². The lowest BCUT2D eigenvalue weighted by Gasteiger charge is -2.26. The molecule has 0 radical (unpaired) electrons. The molecule has 1 fully saturated rings. The maximum atomic E-state index is 12.4. The number of hydrogen-bond donors (Lipinski definition) is 2. The fourth-order valence-electron chi connectivity index (χ4n) is 3.25. The summed E-state index contributed by atoms with van der Waals surface area (Å²) >= 11 is 0. The molecule has 0 aromatic carbocycles. The van der Waals surface area contributed by atoms with Crippen molar-refractivity contribution >= 4 is 11.9 Å². The Morgan fingerprint density at radius 2 is 2.00 bits per heavy atom. The number of carbonyl (C=O) groups excluding carboxylic acids is 1. The van der Waals surface area contributed by atoms with Crippen LogP contribution in [0.3, 0.4) is 0 Å². The highest BCUT2D eigenvalue weighted by atomic mass is 16.4. The van der Waals surface area contributed by atoms with Crippen LogP contribution in [0.1, 0.15) is 54.8 Å². The Morgan fingerprint density at radius 3 is 2.70 bits per heavy atom. The Kier molecular flexibility index (Phi) is 3.23. The molecule has 108 valence electrons. The zero-order valence-electron chi connectivity index (χ0n) is 11.4. The van der Waals surface area contributed by atoms with E-state index in [0.717, 1.165) is 44.5 Å². The van der Waals surface area contributed by atoms with Crippen LogP contribution in [0.5, 0.6) is 0 Å². The second-order valence-electron chi connectivity index (χ2n) is 5.72. The van der Waals surface area contributed by atoms with Crippen LogP contribution in [0.4, 0.5) is 0 Å². The predicted molar refractivity (Wildman–Crippen MR) is 71.5 cm³/mol. The highest BCUT2D eigenvalue weighted by molar-refractivity contribution is 5.96. The van der Waals surface area contributed by atoms with Crippen LogP contribution in [-0.4, -0.2) is 32.1 Å². The maximum Gasteiger partial charge on any atom is 0.329 e. The van der Waals surface area contributed by atoms with Gasteiger partial charge in [0.15, 0.2) is 0 Å². The van der Waals surface area contributed by atoms with Gasteiger partial charge in [-0.05, 0) is 25.7 Å². The summed E-state index contributed by atoms with van der Waals surface area (Å²) in [6.07, 6.45) is 7.29. The quantitative estimate of drug-likeness (QED) is 0.873. The zero-order valence-corrected chi connectivity index (χ0v) is 11.4. The lowest BCUT2D eigenvalue weighted by Crippen LogP contribution is -2.52. The summed E-state index contributed by atoms with van der Waals surface area (Å²) in [5.41, 5.74) is -0.594. The number of carbonyl (C=O) groups is 2. The molecular formula is C14H19N3O3. The van der Waals surface area contributed by atoms with Crippen molar-refractivity contribution in [3.63, 3.8) is 0 Å². The number of nitrogens with zero attached hydrogens (tertiary/aromatic N) is 2. The molecule has 2 aliphatic rings. The third kappa shape index (κ3) is 2.09. The van der Waals surface area contributed by atoms with Crippen molar-refractivity contribution in [1.29, 1.82) is 0 Å². The second kappa shape index (κ2) is 4.92. The Morgan fingerprint density at radius 1 is 1.25 bits per heavy atom. The number of imidazole rings is 1. The number of amides is 1. The van der Waals surface area contributed by atoms with Crippen molar-refractivity contribution in [1.82, 2.24) is 14.9 Å². The SMILES string of the molecule is O=C(NC1(C(=O)O)CCCC1)c1cnc2n1CCCC2. The van der Waals surface area contributed by atoms with Gasteiger partial charge in [-0.25, -0.2) is 9.78 Å². The molecule has 1 aromatic rings. The summed E-state index contributed by atoms with van der Waals surface area (Å²) < 4.78 is 1.92. The number of nitrogens with one attached hydrogen (secondary N) is 1. The zero-order chi connectivity index (χ0) is 14.2. The number of aryl methyl sites for hydroxylation is 1. The minimum atomic E-state index is -1.09. The molecular weight excluding hydrogens is 258 g/mol. The lowest BCUT2D eigenvalue weighted by molar-refractivity contribution is -0.144. The smallest absolute Gasteiger partial charge is 0.329 e. The van der Waals surface area contributed by atoms with E-state index in [0.29, 0.717) is 18.5 Å². The summed E-state index contributed by atoms with van der Waals surface area (Å²) in [5.74, 6) is -0.311. The standard InChI is InChI=1S/C14H19N3O3/c18-12(16-14(13(19)20)6-2-3-7-14)10-9-15-11-5-1-4-8-17(10)11/h9H,1-8H2,(H,16,18)(H,19,20). The number of carboxylic acid groups (broad SMARTS) is 1. The molecule has 0 bridgehead atoms. The molecule has 1 aliphatic heterocycles. The van der Waals surface area contributed by atoms with Crippen molar-refractivity contribution in [3.8, 4) is 0 Å². The van der Waals surface area contributed by atoms with Crippen molar-refractivity contribution in [3.05, 3.63) is 17.7 Å². The molecule has 1 aliphatic carbocycles. The molecule has 20 heavy (non-hydrogen) atoms. The van der Waals surface area contributed by atoms with Gasteiger partial charge in [-0.1, -0.05) is 12.8 Å². The van der Waals surface area contributed by atoms with Gasteiger partial charge in [0.2, 0.25) is 0 Å². The second-order valence-corrected chi connectivity index (χ2v) is 5.72. The van der Waals surface area contributed by atoms with Gasteiger partial charge in [0.25, 0.3) is 5.91 Å². The summed E-state index contributed by atoms with van der Waals surface area (Å²) in [4.78, 5) is 28.2. The number of fused-ring (bicyclic) bond motifs is 1. The average molecular weight is 277 g/mol. The number of aliphatic carboxylic acids is 1. The Bertz CT molecular complexity index is 544. The van der Waals surface area contributed by atoms with E-state index in [1.54, 1.807) is 6.20 Å². The van der Waals surface area contributed by atoms with E-state index in [1.165, 1.54) is 0 Å². The van der Waals surface area contributed by atoms with Gasteiger partial charge in [-0.15, -0.1) is 0 Å². The first kappa shape index (κ1) is 13.1. The molecule has 0 atom stereocenters. The average Bonchev–Trinajstić information content (AvgIpc) is 3.05. The number of carboxylic acids is 1. The van der Waals surface area contributed by atoms with E-state index in [4.69, 9.17) is 0 Å². The van der Waals surface area contributed by atoms with Crippen LogP contribution < -0.4 is 5.32 Å². The van der Waals surface area contributed by atoms with Crippen molar-refractivity contribution in [2.75, 3.05) is 0 Å². The minimum Gasteiger partial charge on any atom is -0.480 e.